The van der Waals surface area contributed by atoms with Gasteiger partial charge in [0.05, 0.1) is 30.5 Å². The molecule has 3 aromatic rings. The fourth-order valence-corrected chi connectivity index (χ4v) is 5.04. The zero-order valence-electron chi connectivity index (χ0n) is 17.8. The van der Waals surface area contributed by atoms with Crippen LogP contribution >= 0.6 is 23.4 Å². The summed E-state index contributed by atoms with van der Waals surface area (Å²) in [6.07, 6.45) is 5.59. The molecule has 1 saturated heterocycles. The van der Waals surface area contributed by atoms with Crippen molar-refractivity contribution in [2.24, 2.45) is 0 Å². The number of aromatic nitrogens is 3. The maximum absolute atomic E-state index is 13.7. The van der Waals surface area contributed by atoms with Crippen LogP contribution in [0.3, 0.4) is 0 Å². The second kappa shape index (κ2) is 10.4. The first kappa shape index (κ1) is 24.0. The van der Waals surface area contributed by atoms with E-state index in [1.165, 1.54) is 18.0 Å². The van der Waals surface area contributed by atoms with Gasteiger partial charge in [-0.3, -0.25) is 9.67 Å². The molecule has 1 aromatic carbocycles. The van der Waals surface area contributed by atoms with Crippen molar-refractivity contribution in [1.82, 2.24) is 14.8 Å². The summed E-state index contributed by atoms with van der Waals surface area (Å²) in [6.45, 7) is 2.53. The fraction of sp³-hybridized carbons (Fsp3) is 0.364. The standard InChI is InChI=1S/C22H21ClF3N3O3S/c1-12-10-31-11-19(21(30-2)22(32-12)33-16-5-15(23)7-27-8-16)29-9-14(6-28-29)13-3-17(24)20(26)18(25)4-13/h3-9,12,19,21-22H,10-11H2,1-2H3/t12?,19-,21?,22?/m1/s1. The molecular weight excluding hydrogens is 479 g/mol. The maximum Gasteiger partial charge on any atom is 0.194 e. The summed E-state index contributed by atoms with van der Waals surface area (Å²) in [4.78, 5) is 4.92. The van der Waals surface area contributed by atoms with Crippen LogP contribution in [-0.2, 0) is 14.2 Å². The van der Waals surface area contributed by atoms with E-state index in [0.717, 1.165) is 17.0 Å². The number of hydrogen-bond acceptors (Lipinski definition) is 6. The van der Waals surface area contributed by atoms with E-state index in [0.29, 0.717) is 17.2 Å². The van der Waals surface area contributed by atoms with Crippen molar-refractivity contribution in [1.29, 1.82) is 0 Å². The van der Waals surface area contributed by atoms with Gasteiger partial charge in [-0.2, -0.15) is 5.10 Å². The van der Waals surface area contributed by atoms with Gasteiger partial charge in [0, 0.05) is 36.2 Å². The molecule has 176 valence electrons. The smallest absolute Gasteiger partial charge is 0.194 e. The van der Waals surface area contributed by atoms with Crippen molar-refractivity contribution in [3.05, 3.63) is 65.5 Å². The van der Waals surface area contributed by atoms with E-state index in [1.54, 1.807) is 36.4 Å². The van der Waals surface area contributed by atoms with Crippen LogP contribution in [0.5, 0.6) is 0 Å². The summed E-state index contributed by atoms with van der Waals surface area (Å²) in [5, 5.41) is 4.87. The lowest BCUT2D eigenvalue weighted by Crippen LogP contribution is -2.43. The van der Waals surface area contributed by atoms with Gasteiger partial charge in [-0.25, -0.2) is 13.2 Å². The van der Waals surface area contributed by atoms with Crippen molar-refractivity contribution >= 4 is 23.4 Å². The van der Waals surface area contributed by atoms with Crippen molar-refractivity contribution < 1.29 is 27.4 Å². The minimum atomic E-state index is -1.51. The van der Waals surface area contributed by atoms with Gasteiger partial charge in [-0.1, -0.05) is 23.4 Å². The van der Waals surface area contributed by atoms with Gasteiger partial charge in [0.15, 0.2) is 17.5 Å². The number of benzene rings is 1. The quantitative estimate of drug-likeness (QED) is 0.454. The van der Waals surface area contributed by atoms with Gasteiger partial charge in [0.25, 0.3) is 0 Å². The Bertz CT molecular complexity index is 1100. The van der Waals surface area contributed by atoms with E-state index in [9.17, 15) is 13.2 Å². The van der Waals surface area contributed by atoms with Gasteiger partial charge in [-0.15, -0.1) is 0 Å². The Morgan fingerprint density at radius 1 is 1.09 bits per heavy atom. The van der Waals surface area contributed by atoms with E-state index in [4.69, 9.17) is 25.8 Å². The molecule has 3 unspecified atom stereocenters. The summed E-state index contributed by atoms with van der Waals surface area (Å²) < 4.78 is 60.2. The molecule has 0 bridgehead atoms. The van der Waals surface area contributed by atoms with Crippen LogP contribution in [0.1, 0.15) is 13.0 Å². The number of halogens is 4. The predicted octanol–water partition coefficient (Wildman–Crippen LogP) is 5.13. The highest BCUT2D eigenvalue weighted by atomic mass is 35.5. The topological polar surface area (TPSA) is 58.4 Å². The average Bonchev–Trinajstić information content (AvgIpc) is 3.25. The fourth-order valence-electron chi connectivity index (χ4n) is 3.55. The lowest BCUT2D eigenvalue weighted by Gasteiger charge is -2.36. The van der Waals surface area contributed by atoms with Crippen LogP contribution in [-0.4, -0.2) is 52.7 Å². The van der Waals surface area contributed by atoms with Crippen molar-refractivity contribution in [3.8, 4) is 11.1 Å². The highest BCUT2D eigenvalue weighted by Gasteiger charge is 2.36. The molecule has 33 heavy (non-hydrogen) atoms. The second-order valence-electron chi connectivity index (χ2n) is 7.54. The number of rotatable bonds is 5. The Labute approximate surface area is 198 Å². The molecule has 0 saturated carbocycles. The normalized spacial score (nSPS) is 23.8. The Kier molecular flexibility index (Phi) is 7.60. The third kappa shape index (κ3) is 5.52. The molecule has 0 spiro atoms. The molecule has 0 radical (unpaired) electrons. The molecule has 3 heterocycles. The second-order valence-corrected chi connectivity index (χ2v) is 9.15. The Morgan fingerprint density at radius 3 is 2.55 bits per heavy atom. The SMILES string of the molecule is COC1C(Sc2cncc(Cl)c2)OC(C)COC[C@H]1n1cc(-c2cc(F)c(F)c(F)c2)cn1. The third-order valence-electron chi connectivity index (χ3n) is 5.12. The molecule has 1 fully saturated rings. The monoisotopic (exact) mass is 499 g/mol. The largest absolute Gasteiger partial charge is 0.376 e. The lowest BCUT2D eigenvalue weighted by molar-refractivity contribution is -0.122. The third-order valence-corrected chi connectivity index (χ3v) is 6.43. The highest BCUT2D eigenvalue weighted by molar-refractivity contribution is 7.99. The molecular formula is C22H21ClF3N3O3S. The average molecular weight is 500 g/mol. The van der Waals surface area contributed by atoms with Gasteiger partial charge >= 0.3 is 0 Å². The zero-order valence-corrected chi connectivity index (χ0v) is 19.3. The van der Waals surface area contributed by atoms with Crippen LogP contribution in [0.15, 0.2) is 47.9 Å². The van der Waals surface area contributed by atoms with Crippen molar-refractivity contribution in [2.75, 3.05) is 20.3 Å². The minimum Gasteiger partial charge on any atom is -0.376 e. The minimum absolute atomic E-state index is 0.166. The number of hydrogen-bond donors (Lipinski definition) is 0. The first-order chi connectivity index (χ1) is 15.9. The molecule has 1 aliphatic rings. The summed E-state index contributed by atoms with van der Waals surface area (Å²) in [5.74, 6) is -4.05. The van der Waals surface area contributed by atoms with E-state index < -0.39 is 35.0 Å². The Hall–Kier alpha value is -2.11. The van der Waals surface area contributed by atoms with E-state index >= 15 is 0 Å². The Morgan fingerprint density at radius 2 is 1.85 bits per heavy atom. The van der Waals surface area contributed by atoms with Gasteiger partial charge in [0.1, 0.15) is 17.6 Å². The van der Waals surface area contributed by atoms with Crippen LogP contribution < -0.4 is 0 Å². The molecule has 0 amide bonds. The van der Waals surface area contributed by atoms with E-state index in [1.807, 2.05) is 6.92 Å². The summed E-state index contributed by atoms with van der Waals surface area (Å²) >= 11 is 7.49. The predicted molar refractivity (Wildman–Crippen MR) is 118 cm³/mol. The number of thioether (sulfide) groups is 1. The number of nitrogens with zero attached hydrogens (tertiary/aromatic N) is 3. The van der Waals surface area contributed by atoms with Crippen LogP contribution in [0.4, 0.5) is 13.2 Å². The Balaban J connectivity index is 1.64. The summed E-state index contributed by atoms with van der Waals surface area (Å²) in [7, 11) is 1.56. The van der Waals surface area contributed by atoms with Crippen molar-refractivity contribution in [3.63, 3.8) is 0 Å². The summed E-state index contributed by atoms with van der Waals surface area (Å²) in [6, 6.07) is 3.22. The molecule has 1 aliphatic heterocycles. The lowest BCUT2D eigenvalue weighted by atomic mass is 10.1. The van der Waals surface area contributed by atoms with Crippen LogP contribution in [0.2, 0.25) is 5.02 Å². The first-order valence-corrected chi connectivity index (χ1v) is 11.3. The molecule has 2 aromatic heterocycles. The highest BCUT2D eigenvalue weighted by Crippen LogP contribution is 2.35. The number of pyridine rings is 1. The van der Waals surface area contributed by atoms with Gasteiger partial charge in [-0.05, 0) is 30.7 Å². The van der Waals surface area contributed by atoms with Gasteiger partial charge < -0.3 is 14.2 Å². The molecule has 6 nitrogen and oxygen atoms in total. The maximum atomic E-state index is 13.7. The summed E-state index contributed by atoms with van der Waals surface area (Å²) in [5.41, 5.74) is 0.133. The number of methoxy groups -OCH3 is 1. The molecule has 0 aliphatic carbocycles. The van der Waals surface area contributed by atoms with E-state index in [-0.39, 0.29) is 18.3 Å². The van der Waals surface area contributed by atoms with E-state index in [2.05, 4.69) is 10.1 Å². The zero-order chi connectivity index (χ0) is 23.5. The van der Waals surface area contributed by atoms with Crippen LogP contribution in [0, 0.1) is 17.5 Å². The molecule has 0 N–H and O–H groups in total. The molecule has 4 rings (SSSR count). The molecule has 4 atom stereocenters. The van der Waals surface area contributed by atoms with Gasteiger partial charge in [0.2, 0.25) is 0 Å². The van der Waals surface area contributed by atoms with Crippen molar-refractivity contribution in [2.45, 2.75) is 35.5 Å². The van der Waals surface area contributed by atoms with Crippen LogP contribution in [0.25, 0.3) is 11.1 Å². The molecule has 11 heteroatoms. The first-order valence-electron chi connectivity index (χ1n) is 10.1. The number of ether oxygens (including phenoxy) is 3.